The molecule has 0 amide bonds. The minimum Gasteiger partial charge on any atom is -0.391 e. The summed E-state index contributed by atoms with van der Waals surface area (Å²) in [5.41, 5.74) is 1.18. The maximum Gasteiger partial charge on any atom is 0.280 e. The van der Waals surface area contributed by atoms with Crippen LogP contribution in [0, 0.1) is 0 Å². The SMILES string of the molecule is COCC(O)CC(C)(OC(c1ccccc1)(c1ccccc1)c1ccccc1)n1cnc2c(=O)[nH]c(N(OC)C(c3ccccc3)(c3ccccc3)c3ccccc3)nc21. The van der Waals surface area contributed by atoms with Gasteiger partial charge in [-0.1, -0.05) is 182 Å². The van der Waals surface area contributed by atoms with Crippen LogP contribution in [0.1, 0.15) is 46.7 Å². The largest absolute Gasteiger partial charge is 0.391 e. The maximum atomic E-state index is 14.4. The average molecular weight is 798 g/mol. The Morgan fingerprint density at radius 2 is 1.05 bits per heavy atom. The van der Waals surface area contributed by atoms with E-state index in [-0.39, 0.29) is 30.1 Å². The summed E-state index contributed by atoms with van der Waals surface area (Å²) in [6.07, 6.45) is 0.592. The summed E-state index contributed by atoms with van der Waals surface area (Å²) in [6, 6.07) is 59.9. The fraction of sp³-hybridized carbons (Fsp3) is 0.180. The molecule has 6 aromatic carbocycles. The van der Waals surface area contributed by atoms with Crippen molar-refractivity contribution in [2.24, 2.45) is 0 Å². The van der Waals surface area contributed by atoms with Crippen molar-refractivity contribution >= 4 is 17.1 Å². The molecule has 8 aromatic rings. The molecule has 2 N–H and O–H groups in total. The number of ether oxygens (including phenoxy) is 2. The molecule has 2 unspecified atom stereocenters. The molecule has 0 saturated carbocycles. The summed E-state index contributed by atoms with van der Waals surface area (Å²) in [7, 11) is 3.11. The van der Waals surface area contributed by atoms with Gasteiger partial charge in [-0.2, -0.15) is 4.98 Å². The Balaban J connectivity index is 1.40. The van der Waals surface area contributed by atoms with Gasteiger partial charge in [0.15, 0.2) is 11.2 Å². The highest BCUT2D eigenvalue weighted by Crippen LogP contribution is 2.47. The molecule has 2 atom stereocenters. The zero-order chi connectivity index (χ0) is 41.6. The molecule has 8 rings (SSSR count). The van der Waals surface area contributed by atoms with Gasteiger partial charge in [0.05, 0.1) is 26.1 Å². The number of nitrogens with one attached hydrogen (secondary N) is 1. The van der Waals surface area contributed by atoms with Crippen molar-refractivity contribution < 1.29 is 19.4 Å². The van der Waals surface area contributed by atoms with E-state index in [2.05, 4.69) is 9.97 Å². The smallest absolute Gasteiger partial charge is 0.280 e. The molecule has 302 valence electrons. The van der Waals surface area contributed by atoms with Crippen molar-refractivity contribution in [3.8, 4) is 0 Å². The molecule has 0 aliphatic rings. The number of methoxy groups -OCH3 is 1. The van der Waals surface area contributed by atoms with E-state index < -0.39 is 28.5 Å². The average Bonchev–Trinajstić information content (AvgIpc) is 3.75. The van der Waals surface area contributed by atoms with Gasteiger partial charge < -0.3 is 14.6 Å². The quantitative estimate of drug-likeness (QED) is 0.0739. The molecule has 0 aliphatic carbocycles. The summed E-state index contributed by atoms with van der Waals surface area (Å²) in [4.78, 5) is 33.7. The lowest BCUT2D eigenvalue weighted by atomic mass is 9.76. The molecule has 2 heterocycles. The Morgan fingerprint density at radius 3 is 1.43 bits per heavy atom. The van der Waals surface area contributed by atoms with Crippen molar-refractivity contribution in [3.63, 3.8) is 0 Å². The van der Waals surface area contributed by atoms with Gasteiger partial charge in [-0.05, 0) is 40.3 Å². The second kappa shape index (κ2) is 17.3. The van der Waals surface area contributed by atoms with E-state index in [1.807, 2.05) is 189 Å². The van der Waals surface area contributed by atoms with Crippen LogP contribution in [0.3, 0.4) is 0 Å². The van der Waals surface area contributed by atoms with Crippen molar-refractivity contribution in [1.29, 1.82) is 0 Å². The molecule has 0 fully saturated rings. The van der Waals surface area contributed by atoms with E-state index in [1.54, 1.807) is 30.2 Å². The summed E-state index contributed by atoms with van der Waals surface area (Å²) < 4.78 is 14.9. The Hall–Kier alpha value is -6.69. The third kappa shape index (κ3) is 7.20. The maximum absolute atomic E-state index is 14.4. The number of H-pyrrole nitrogens is 1. The van der Waals surface area contributed by atoms with Crippen LogP contribution in [0.2, 0.25) is 0 Å². The number of imidazole rings is 1. The zero-order valence-electron chi connectivity index (χ0n) is 33.8. The van der Waals surface area contributed by atoms with Gasteiger partial charge in [-0.25, -0.2) is 10.0 Å². The number of benzene rings is 6. The number of aromatic nitrogens is 4. The monoisotopic (exact) mass is 797 g/mol. The summed E-state index contributed by atoms with van der Waals surface area (Å²) in [5.74, 6) is 0.119. The lowest BCUT2D eigenvalue weighted by Crippen LogP contribution is -2.49. The van der Waals surface area contributed by atoms with E-state index in [1.165, 1.54) is 0 Å². The van der Waals surface area contributed by atoms with E-state index in [0.717, 1.165) is 33.4 Å². The predicted octanol–water partition coefficient (Wildman–Crippen LogP) is 8.56. The summed E-state index contributed by atoms with van der Waals surface area (Å²) in [6.45, 7) is 1.92. The third-order valence-corrected chi connectivity index (χ3v) is 11.0. The Morgan fingerprint density at radius 1 is 0.650 bits per heavy atom. The number of aromatic amines is 1. The normalized spacial score (nSPS) is 13.5. The highest BCUT2D eigenvalue weighted by atomic mass is 16.7. The number of aliphatic hydroxyl groups is 1. The second-order valence-corrected chi connectivity index (χ2v) is 14.8. The topological polar surface area (TPSA) is 115 Å². The van der Waals surface area contributed by atoms with Crippen LogP contribution >= 0.6 is 0 Å². The zero-order valence-corrected chi connectivity index (χ0v) is 33.8. The number of fused-ring (bicyclic) bond motifs is 1. The number of nitrogens with zero attached hydrogens (tertiary/aromatic N) is 4. The first-order chi connectivity index (χ1) is 29.3. The van der Waals surface area contributed by atoms with Gasteiger partial charge in [-0.15, -0.1) is 0 Å². The number of hydrogen-bond donors (Lipinski definition) is 2. The number of hydrogen-bond acceptors (Lipinski definition) is 8. The standard InChI is InChI=1S/C50H47N5O5/c1-48(34-43(56)35-58-2,60-50(40-28-16-7-17-29-40,41-30-18-8-19-31-41)42-32-20-9-21-33-42)54-36-51-44-45(54)52-47(53-46(44)57)55(59-3)49(37-22-10-4-11-23-37,38-24-12-5-13-25-38)39-26-14-6-15-27-39/h4-33,36,43,56H,34-35H2,1-3H3,(H,52,53,57). The minimum absolute atomic E-state index is 0.0281. The summed E-state index contributed by atoms with van der Waals surface area (Å²) in [5, 5.41) is 13.3. The van der Waals surface area contributed by atoms with Crippen LogP contribution in [0.5, 0.6) is 0 Å². The second-order valence-electron chi connectivity index (χ2n) is 14.8. The van der Waals surface area contributed by atoms with Gasteiger partial charge in [0.25, 0.3) is 5.56 Å². The van der Waals surface area contributed by atoms with Crippen molar-refractivity contribution in [2.75, 3.05) is 25.9 Å². The molecule has 0 spiro atoms. The van der Waals surface area contributed by atoms with Crippen molar-refractivity contribution in [1.82, 2.24) is 19.5 Å². The van der Waals surface area contributed by atoms with Crippen LogP contribution in [0.4, 0.5) is 5.95 Å². The van der Waals surface area contributed by atoms with Crippen molar-refractivity contribution in [2.45, 2.75) is 36.3 Å². The molecule has 10 heteroatoms. The Bertz CT molecular complexity index is 2470. The highest BCUT2D eigenvalue weighted by Gasteiger charge is 2.48. The first-order valence-electron chi connectivity index (χ1n) is 19.9. The molecular weight excluding hydrogens is 751 g/mol. The Kier molecular flexibility index (Phi) is 11.5. The van der Waals surface area contributed by atoms with Gasteiger partial charge in [-0.3, -0.25) is 19.2 Å². The fourth-order valence-corrected chi connectivity index (χ4v) is 8.52. The molecule has 0 radical (unpaired) electrons. The molecule has 60 heavy (non-hydrogen) atoms. The molecule has 0 aliphatic heterocycles. The molecular formula is C50H47N5O5. The lowest BCUT2D eigenvalue weighted by molar-refractivity contribution is -0.180. The molecule has 0 saturated heterocycles. The number of aliphatic hydroxyl groups excluding tert-OH is 1. The van der Waals surface area contributed by atoms with Crippen LogP contribution < -0.4 is 10.6 Å². The summed E-state index contributed by atoms with van der Waals surface area (Å²) >= 11 is 0. The van der Waals surface area contributed by atoms with Gasteiger partial charge in [0, 0.05) is 13.5 Å². The highest BCUT2D eigenvalue weighted by molar-refractivity contribution is 5.72. The number of anilines is 1. The lowest BCUT2D eigenvalue weighted by Gasteiger charge is -2.45. The first-order valence-corrected chi connectivity index (χ1v) is 19.9. The van der Waals surface area contributed by atoms with Crippen LogP contribution in [-0.2, 0) is 31.2 Å². The van der Waals surface area contributed by atoms with Crippen molar-refractivity contribution in [3.05, 3.63) is 232 Å². The fourth-order valence-electron chi connectivity index (χ4n) is 8.52. The van der Waals surface area contributed by atoms with E-state index in [4.69, 9.17) is 19.3 Å². The van der Waals surface area contributed by atoms with Crippen LogP contribution in [0.15, 0.2) is 193 Å². The number of hydroxylamine groups is 1. The van der Waals surface area contributed by atoms with E-state index in [0.29, 0.717) is 0 Å². The van der Waals surface area contributed by atoms with E-state index >= 15 is 0 Å². The Labute approximate surface area is 349 Å². The first kappa shape index (κ1) is 40.1. The minimum atomic E-state index is -1.43. The molecule has 2 aromatic heterocycles. The van der Waals surface area contributed by atoms with Gasteiger partial charge >= 0.3 is 0 Å². The third-order valence-electron chi connectivity index (χ3n) is 11.0. The van der Waals surface area contributed by atoms with Gasteiger partial charge in [0.1, 0.15) is 16.9 Å². The van der Waals surface area contributed by atoms with Gasteiger partial charge in [0.2, 0.25) is 5.95 Å². The van der Waals surface area contributed by atoms with Crippen LogP contribution in [-0.4, -0.2) is 51.6 Å². The van der Waals surface area contributed by atoms with Crippen LogP contribution in [0.25, 0.3) is 11.2 Å². The van der Waals surface area contributed by atoms with E-state index in [9.17, 15) is 9.90 Å². The predicted molar refractivity (Wildman–Crippen MR) is 233 cm³/mol. The number of rotatable bonds is 16. The molecule has 10 nitrogen and oxygen atoms in total. The molecule has 0 bridgehead atoms.